The molecular formula is C9H10BrClO2. The van der Waals surface area contributed by atoms with Crippen molar-refractivity contribution in [1.29, 1.82) is 0 Å². The largest absolute Gasteiger partial charge is 0.466 e. The molecule has 0 atom stereocenters. The summed E-state index contributed by atoms with van der Waals surface area (Å²) < 4.78 is 11.0. The molecule has 0 amide bonds. The molecule has 1 aromatic rings. The molecule has 72 valence electrons. The third-order valence-corrected chi connectivity index (χ3v) is 2.32. The zero-order valence-electron chi connectivity index (χ0n) is 7.43. The lowest BCUT2D eigenvalue weighted by Crippen LogP contribution is -2.00. The predicted molar refractivity (Wildman–Crippen MR) is 56.4 cm³/mol. The lowest BCUT2D eigenvalue weighted by atomic mass is 10.2. The number of rotatable bonds is 3. The molecule has 2 nitrogen and oxygen atoms in total. The summed E-state index contributed by atoms with van der Waals surface area (Å²) in [6, 6.07) is 3.64. The van der Waals surface area contributed by atoms with E-state index in [-0.39, 0.29) is 6.79 Å². The van der Waals surface area contributed by atoms with E-state index < -0.39 is 0 Å². The molecule has 0 saturated heterocycles. The van der Waals surface area contributed by atoms with E-state index in [0.717, 1.165) is 15.8 Å². The number of hydrogen-bond donors (Lipinski definition) is 0. The first-order chi connectivity index (χ1) is 6.15. The fourth-order valence-corrected chi connectivity index (χ4v) is 2.07. The highest BCUT2D eigenvalue weighted by molar-refractivity contribution is 9.10. The first-order valence-electron chi connectivity index (χ1n) is 3.72. The molecule has 0 N–H and O–H groups in total. The van der Waals surface area contributed by atoms with Gasteiger partial charge in [-0.25, -0.2) is 0 Å². The van der Waals surface area contributed by atoms with Gasteiger partial charge in [-0.2, -0.15) is 0 Å². The third-order valence-electron chi connectivity index (χ3n) is 1.52. The summed E-state index contributed by atoms with van der Waals surface area (Å²) >= 11 is 9.20. The van der Waals surface area contributed by atoms with E-state index in [9.17, 15) is 0 Å². The molecule has 0 aliphatic heterocycles. The lowest BCUT2D eigenvalue weighted by molar-refractivity contribution is 0.0501. The van der Waals surface area contributed by atoms with Crippen LogP contribution in [0.3, 0.4) is 0 Å². The van der Waals surface area contributed by atoms with Crippen LogP contribution in [-0.4, -0.2) is 13.9 Å². The molecule has 0 aliphatic carbocycles. The van der Waals surface area contributed by atoms with Crippen molar-refractivity contribution in [3.63, 3.8) is 0 Å². The van der Waals surface area contributed by atoms with Gasteiger partial charge in [0, 0.05) is 12.1 Å². The molecule has 0 spiro atoms. The molecule has 1 rings (SSSR count). The van der Waals surface area contributed by atoms with Crippen molar-refractivity contribution < 1.29 is 9.47 Å². The standard InChI is InChI=1S/C9H10BrClO2/c1-6-3-7(11)4-8(10)9(6)13-5-12-2/h3-4H,5H2,1-2H3. The highest BCUT2D eigenvalue weighted by Crippen LogP contribution is 2.31. The van der Waals surface area contributed by atoms with Gasteiger partial charge in [0.1, 0.15) is 5.75 Å². The molecule has 0 aromatic heterocycles. The lowest BCUT2D eigenvalue weighted by Gasteiger charge is -2.10. The SMILES string of the molecule is COCOc1c(C)cc(Cl)cc1Br. The quantitative estimate of drug-likeness (QED) is 0.780. The Morgan fingerprint density at radius 1 is 1.46 bits per heavy atom. The minimum Gasteiger partial charge on any atom is -0.466 e. The topological polar surface area (TPSA) is 18.5 Å². The van der Waals surface area contributed by atoms with Gasteiger partial charge in [-0.3, -0.25) is 0 Å². The summed E-state index contributed by atoms with van der Waals surface area (Å²) in [7, 11) is 1.58. The molecule has 0 radical (unpaired) electrons. The fraction of sp³-hybridized carbons (Fsp3) is 0.333. The average Bonchev–Trinajstić information content (AvgIpc) is 2.02. The number of hydrogen-bond acceptors (Lipinski definition) is 2. The second-order valence-electron chi connectivity index (χ2n) is 2.58. The Bertz CT molecular complexity index is 279. The normalized spacial score (nSPS) is 10.2. The Kier molecular flexibility index (Phi) is 4.03. The maximum atomic E-state index is 5.84. The molecule has 0 aliphatic rings. The van der Waals surface area contributed by atoms with Crippen LogP contribution in [0.1, 0.15) is 5.56 Å². The molecule has 0 bridgehead atoms. The first kappa shape index (κ1) is 10.8. The van der Waals surface area contributed by atoms with Gasteiger partial charge in [0.05, 0.1) is 4.47 Å². The van der Waals surface area contributed by atoms with Crippen molar-refractivity contribution in [3.05, 3.63) is 27.2 Å². The van der Waals surface area contributed by atoms with Crippen LogP contribution in [0.2, 0.25) is 5.02 Å². The van der Waals surface area contributed by atoms with Gasteiger partial charge in [0.2, 0.25) is 0 Å². The van der Waals surface area contributed by atoms with Gasteiger partial charge in [0.25, 0.3) is 0 Å². The Hall–Kier alpha value is -0.250. The summed E-state index contributed by atoms with van der Waals surface area (Å²) in [4.78, 5) is 0. The summed E-state index contributed by atoms with van der Waals surface area (Å²) in [5.41, 5.74) is 0.983. The monoisotopic (exact) mass is 264 g/mol. The second-order valence-corrected chi connectivity index (χ2v) is 3.88. The van der Waals surface area contributed by atoms with Gasteiger partial charge in [0.15, 0.2) is 6.79 Å². The van der Waals surface area contributed by atoms with E-state index in [1.54, 1.807) is 13.2 Å². The zero-order chi connectivity index (χ0) is 9.84. The molecule has 0 fully saturated rings. The van der Waals surface area contributed by atoms with Crippen molar-refractivity contribution in [2.75, 3.05) is 13.9 Å². The van der Waals surface area contributed by atoms with E-state index in [2.05, 4.69) is 15.9 Å². The highest BCUT2D eigenvalue weighted by atomic mass is 79.9. The molecular weight excluding hydrogens is 255 g/mol. The van der Waals surface area contributed by atoms with Crippen LogP contribution in [0.15, 0.2) is 16.6 Å². The third kappa shape index (κ3) is 2.86. The summed E-state index contributed by atoms with van der Waals surface area (Å²) in [6.45, 7) is 2.17. The van der Waals surface area contributed by atoms with E-state index in [1.807, 2.05) is 13.0 Å². The van der Waals surface area contributed by atoms with Crippen LogP contribution in [0.5, 0.6) is 5.75 Å². The predicted octanol–water partition coefficient (Wildman–Crippen LogP) is 3.39. The Balaban J connectivity index is 2.92. The second kappa shape index (κ2) is 4.84. The maximum absolute atomic E-state index is 5.84. The molecule has 13 heavy (non-hydrogen) atoms. The fourth-order valence-electron chi connectivity index (χ4n) is 0.990. The molecule has 0 unspecified atom stereocenters. The van der Waals surface area contributed by atoms with Crippen molar-refractivity contribution in [2.24, 2.45) is 0 Å². The van der Waals surface area contributed by atoms with Crippen molar-refractivity contribution >= 4 is 27.5 Å². The van der Waals surface area contributed by atoms with Crippen LogP contribution in [0.25, 0.3) is 0 Å². The van der Waals surface area contributed by atoms with Gasteiger partial charge >= 0.3 is 0 Å². The molecule has 0 heterocycles. The summed E-state index contributed by atoms with van der Waals surface area (Å²) in [5, 5.41) is 0.689. The Labute approximate surface area is 90.9 Å². The molecule has 4 heteroatoms. The van der Waals surface area contributed by atoms with Gasteiger partial charge in [-0.15, -0.1) is 0 Å². The number of methoxy groups -OCH3 is 1. The van der Waals surface area contributed by atoms with Crippen LogP contribution >= 0.6 is 27.5 Å². The van der Waals surface area contributed by atoms with Crippen molar-refractivity contribution in [3.8, 4) is 5.75 Å². The van der Waals surface area contributed by atoms with Crippen molar-refractivity contribution in [2.45, 2.75) is 6.92 Å². The van der Waals surface area contributed by atoms with Gasteiger partial charge in [-0.1, -0.05) is 11.6 Å². The summed E-state index contributed by atoms with van der Waals surface area (Å²) in [6.07, 6.45) is 0. The van der Waals surface area contributed by atoms with E-state index in [4.69, 9.17) is 21.1 Å². The Morgan fingerprint density at radius 3 is 2.69 bits per heavy atom. The number of benzene rings is 1. The smallest absolute Gasteiger partial charge is 0.188 e. The van der Waals surface area contributed by atoms with E-state index in [1.165, 1.54) is 0 Å². The average molecular weight is 266 g/mol. The minimum atomic E-state index is 0.237. The number of ether oxygens (including phenoxy) is 2. The maximum Gasteiger partial charge on any atom is 0.188 e. The van der Waals surface area contributed by atoms with Crippen LogP contribution in [0.4, 0.5) is 0 Å². The number of aryl methyl sites for hydroxylation is 1. The summed E-state index contributed by atoms with van der Waals surface area (Å²) in [5.74, 6) is 0.770. The van der Waals surface area contributed by atoms with Crippen LogP contribution in [0, 0.1) is 6.92 Å². The molecule has 1 aromatic carbocycles. The minimum absolute atomic E-state index is 0.237. The van der Waals surface area contributed by atoms with E-state index >= 15 is 0 Å². The van der Waals surface area contributed by atoms with Crippen LogP contribution in [-0.2, 0) is 4.74 Å². The van der Waals surface area contributed by atoms with E-state index in [0.29, 0.717) is 5.02 Å². The molecule has 0 saturated carbocycles. The van der Waals surface area contributed by atoms with Crippen molar-refractivity contribution in [1.82, 2.24) is 0 Å². The highest BCUT2D eigenvalue weighted by Gasteiger charge is 2.06. The van der Waals surface area contributed by atoms with Gasteiger partial charge < -0.3 is 9.47 Å². The van der Waals surface area contributed by atoms with Crippen LogP contribution < -0.4 is 4.74 Å². The Morgan fingerprint density at radius 2 is 2.15 bits per heavy atom. The first-order valence-corrected chi connectivity index (χ1v) is 4.89. The zero-order valence-corrected chi connectivity index (χ0v) is 9.78. The van der Waals surface area contributed by atoms with Gasteiger partial charge in [-0.05, 0) is 40.5 Å². The number of halogens is 2.